The van der Waals surface area contributed by atoms with Gasteiger partial charge in [0.1, 0.15) is 11.6 Å². The lowest BCUT2D eigenvalue weighted by Crippen LogP contribution is -2.26. The molecule has 1 amide bonds. The van der Waals surface area contributed by atoms with Gasteiger partial charge in [-0.3, -0.25) is 0 Å². The normalized spacial score (nSPS) is 10.6. The van der Waals surface area contributed by atoms with E-state index in [1.165, 1.54) is 12.1 Å². The van der Waals surface area contributed by atoms with Gasteiger partial charge in [-0.05, 0) is 29.8 Å². The molecule has 0 bridgehead atoms. The minimum Gasteiger partial charge on any atom is -0.410 e. The summed E-state index contributed by atoms with van der Waals surface area (Å²) < 4.78 is 19.9. The maximum absolute atomic E-state index is 12.8. The fourth-order valence-electron chi connectivity index (χ4n) is 2.10. The molecular weight excluding hydrogens is 285 g/mol. The highest BCUT2D eigenvalue weighted by Gasteiger charge is 2.07. The van der Waals surface area contributed by atoms with Crippen LogP contribution in [-0.4, -0.2) is 15.6 Å². The standard InChI is InChI=1S/C16H14FN3O2/c1-20-10-19-14-8-13(6-7-15(14)20)22-16(21)18-9-11-2-4-12(17)5-3-11/h2-8,10H,9H2,1H3,(H,18,21). The fourth-order valence-corrected chi connectivity index (χ4v) is 2.10. The van der Waals surface area contributed by atoms with Crippen molar-refractivity contribution in [2.75, 3.05) is 0 Å². The molecule has 0 aliphatic rings. The summed E-state index contributed by atoms with van der Waals surface area (Å²) in [4.78, 5) is 16.0. The summed E-state index contributed by atoms with van der Waals surface area (Å²) in [6.07, 6.45) is 1.13. The van der Waals surface area contributed by atoms with Gasteiger partial charge >= 0.3 is 6.09 Å². The maximum Gasteiger partial charge on any atom is 0.412 e. The Morgan fingerprint density at radius 2 is 2.05 bits per heavy atom. The van der Waals surface area contributed by atoms with Crippen LogP contribution in [0.25, 0.3) is 11.0 Å². The van der Waals surface area contributed by atoms with E-state index in [1.54, 1.807) is 30.6 Å². The van der Waals surface area contributed by atoms with Crippen molar-refractivity contribution in [2.24, 2.45) is 7.05 Å². The summed E-state index contributed by atoms with van der Waals surface area (Å²) in [5, 5.41) is 2.61. The van der Waals surface area contributed by atoms with Crippen LogP contribution in [0.1, 0.15) is 5.56 Å². The van der Waals surface area contributed by atoms with Gasteiger partial charge in [0.05, 0.1) is 17.4 Å². The van der Waals surface area contributed by atoms with Crippen LogP contribution >= 0.6 is 0 Å². The number of hydrogen-bond donors (Lipinski definition) is 1. The second-order valence-corrected chi connectivity index (χ2v) is 4.88. The quantitative estimate of drug-likeness (QED) is 0.809. The van der Waals surface area contributed by atoms with Gasteiger partial charge in [-0.15, -0.1) is 0 Å². The molecule has 0 spiro atoms. The van der Waals surface area contributed by atoms with Crippen LogP contribution in [0.5, 0.6) is 5.75 Å². The van der Waals surface area contributed by atoms with E-state index >= 15 is 0 Å². The van der Waals surface area contributed by atoms with E-state index in [-0.39, 0.29) is 12.4 Å². The Hall–Kier alpha value is -2.89. The first-order valence-electron chi connectivity index (χ1n) is 6.73. The Kier molecular flexibility index (Phi) is 3.74. The average molecular weight is 299 g/mol. The molecule has 22 heavy (non-hydrogen) atoms. The third kappa shape index (κ3) is 3.06. The number of rotatable bonds is 3. The van der Waals surface area contributed by atoms with Crippen LogP contribution in [0.2, 0.25) is 0 Å². The lowest BCUT2D eigenvalue weighted by atomic mass is 10.2. The minimum atomic E-state index is -0.570. The zero-order valence-electron chi connectivity index (χ0n) is 11.9. The lowest BCUT2D eigenvalue weighted by Gasteiger charge is -2.07. The van der Waals surface area contributed by atoms with Crippen molar-refractivity contribution in [3.63, 3.8) is 0 Å². The van der Waals surface area contributed by atoms with E-state index in [1.807, 2.05) is 17.7 Å². The van der Waals surface area contributed by atoms with Gasteiger partial charge in [-0.25, -0.2) is 14.2 Å². The number of benzene rings is 2. The van der Waals surface area contributed by atoms with Crippen molar-refractivity contribution in [3.8, 4) is 5.75 Å². The molecule has 0 aliphatic heterocycles. The third-order valence-electron chi connectivity index (χ3n) is 3.26. The number of hydrogen-bond acceptors (Lipinski definition) is 3. The highest BCUT2D eigenvalue weighted by molar-refractivity contribution is 5.78. The molecule has 2 aromatic carbocycles. The molecule has 5 nitrogen and oxygen atoms in total. The fraction of sp³-hybridized carbons (Fsp3) is 0.125. The molecule has 1 aromatic heterocycles. The average Bonchev–Trinajstić information content (AvgIpc) is 2.88. The second kappa shape index (κ2) is 5.85. The molecule has 112 valence electrons. The number of ether oxygens (including phenoxy) is 1. The molecule has 0 atom stereocenters. The number of aryl methyl sites for hydroxylation is 1. The van der Waals surface area contributed by atoms with E-state index in [2.05, 4.69) is 10.3 Å². The van der Waals surface area contributed by atoms with Crippen LogP contribution in [0.15, 0.2) is 48.8 Å². The van der Waals surface area contributed by atoms with Gasteiger partial charge in [0.2, 0.25) is 0 Å². The number of aromatic nitrogens is 2. The number of imidazole rings is 1. The summed E-state index contributed by atoms with van der Waals surface area (Å²) in [6, 6.07) is 11.2. The molecular formula is C16H14FN3O2. The van der Waals surface area contributed by atoms with Gasteiger partial charge in [-0.1, -0.05) is 12.1 Å². The highest BCUT2D eigenvalue weighted by atomic mass is 19.1. The minimum absolute atomic E-state index is 0.269. The molecule has 0 saturated carbocycles. The summed E-state index contributed by atoms with van der Waals surface area (Å²) in [5.41, 5.74) is 2.50. The van der Waals surface area contributed by atoms with Crippen LogP contribution in [-0.2, 0) is 13.6 Å². The van der Waals surface area contributed by atoms with Crippen LogP contribution in [0, 0.1) is 5.82 Å². The van der Waals surface area contributed by atoms with E-state index in [4.69, 9.17) is 4.74 Å². The SMILES string of the molecule is Cn1cnc2cc(OC(=O)NCc3ccc(F)cc3)ccc21. The zero-order valence-corrected chi connectivity index (χ0v) is 11.9. The first-order chi connectivity index (χ1) is 10.6. The topological polar surface area (TPSA) is 56.2 Å². The van der Waals surface area contributed by atoms with Crippen molar-refractivity contribution in [3.05, 3.63) is 60.2 Å². The Labute approximate surface area is 126 Å². The molecule has 3 rings (SSSR count). The van der Waals surface area contributed by atoms with Crippen LogP contribution in [0.3, 0.4) is 0 Å². The van der Waals surface area contributed by atoms with Gasteiger partial charge in [-0.2, -0.15) is 0 Å². The van der Waals surface area contributed by atoms with E-state index in [9.17, 15) is 9.18 Å². The number of fused-ring (bicyclic) bond motifs is 1. The molecule has 6 heteroatoms. The summed E-state index contributed by atoms with van der Waals surface area (Å²) in [6.45, 7) is 0.269. The molecule has 1 heterocycles. The van der Waals surface area contributed by atoms with Gasteiger partial charge in [0.15, 0.2) is 0 Å². The molecule has 0 fully saturated rings. The van der Waals surface area contributed by atoms with Crippen LogP contribution in [0.4, 0.5) is 9.18 Å². The number of halogens is 1. The van der Waals surface area contributed by atoms with Crippen molar-refractivity contribution >= 4 is 17.1 Å². The predicted molar refractivity (Wildman–Crippen MR) is 80.0 cm³/mol. The van der Waals surface area contributed by atoms with E-state index < -0.39 is 6.09 Å². The van der Waals surface area contributed by atoms with Gasteiger partial charge in [0.25, 0.3) is 0 Å². The Bertz CT molecular complexity index is 812. The number of carbonyl (C=O) groups excluding carboxylic acids is 1. The van der Waals surface area contributed by atoms with Crippen molar-refractivity contribution in [1.82, 2.24) is 14.9 Å². The van der Waals surface area contributed by atoms with E-state index in [0.29, 0.717) is 5.75 Å². The molecule has 0 radical (unpaired) electrons. The number of amides is 1. The monoisotopic (exact) mass is 299 g/mol. The summed E-state index contributed by atoms with van der Waals surface area (Å²) >= 11 is 0. The highest BCUT2D eigenvalue weighted by Crippen LogP contribution is 2.19. The molecule has 1 N–H and O–H groups in total. The van der Waals surface area contributed by atoms with Crippen molar-refractivity contribution < 1.29 is 13.9 Å². The lowest BCUT2D eigenvalue weighted by molar-refractivity contribution is 0.200. The smallest absolute Gasteiger partial charge is 0.410 e. The Morgan fingerprint density at radius 1 is 1.27 bits per heavy atom. The number of carbonyl (C=O) groups is 1. The van der Waals surface area contributed by atoms with Crippen LogP contribution < -0.4 is 10.1 Å². The number of nitrogens with zero attached hydrogens (tertiary/aromatic N) is 2. The first kappa shape index (κ1) is 14.1. The second-order valence-electron chi connectivity index (χ2n) is 4.88. The molecule has 0 aliphatic carbocycles. The zero-order chi connectivity index (χ0) is 15.5. The Morgan fingerprint density at radius 3 is 2.82 bits per heavy atom. The Balaban J connectivity index is 1.61. The molecule has 0 saturated heterocycles. The number of nitrogens with one attached hydrogen (secondary N) is 1. The molecule has 3 aromatic rings. The van der Waals surface area contributed by atoms with Gasteiger partial charge in [0, 0.05) is 19.7 Å². The summed E-state index contributed by atoms with van der Waals surface area (Å²) in [5.74, 6) is 0.109. The maximum atomic E-state index is 12.8. The third-order valence-corrected chi connectivity index (χ3v) is 3.26. The van der Waals surface area contributed by atoms with E-state index in [0.717, 1.165) is 16.6 Å². The van der Waals surface area contributed by atoms with Crippen molar-refractivity contribution in [2.45, 2.75) is 6.54 Å². The van der Waals surface area contributed by atoms with Crippen molar-refractivity contribution in [1.29, 1.82) is 0 Å². The summed E-state index contributed by atoms with van der Waals surface area (Å²) in [7, 11) is 1.89. The largest absolute Gasteiger partial charge is 0.412 e. The predicted octanol–water partition coefficient (Wildman–Crippen LogP) is 3.00. The van der Waals surface area contributed by atoms with Gasteiger partial charge < -0.3 is 14.6 Å². The molecule has 0 unspecified atom stereocenters. The first-order valence-corrected chi connectivity index (χ1v) is 6.73.